The summed E-state index contributed by atoms with van der Waals surface area (Å²) in [5.74, 6) is 1.07. The minimum Gasteiger partial charge on any atom is -0.463 e. The molecule has 1 amide bonds. The molecule has 1 aromatic heterocycles. The minimum absolute atomic E-state index is 0.0591. The summed E-state index contributed by atoms with van der Waals surface area (Å²) >= 11 is 0. The molecule has 0 aromatic carbocycles. The number of unbranched alkanes of at least 4 members (excludes halogenated alkanes) is 1. The number of piperazine rings is 1. The van der Waals surface area contributed by atoms with E-state index >= 15 is 0 Å². The van der Waals surface area contributed by atoms with Gasteiger partial charge in [0.15, 0.2) is 0 Å². The van der Waals surface area contributed by atoms with Crippen LogP contribution in [0.25, 0.3) is 0 Å². The number of fused-ring (bicyclic) bond motifs is 1. The fourth-order valence-corrected chi connectivity index (χ4v) is 5.08. The fourth-order valence-electron chi connectivity index (χ4n) is 5.08. The van der Waals surface area contributed by atoms with Crippen molar-refractivity contribution in [2.45, 2.75) is 70.8 Å². The second kappa shape index (κ2) is 10.6. The number of hydrogen-bond acceptors (Lipinski definition) is 7. The third kappa shape index (κ3) is 5.47. The fraction of sp³-hybridized carbons (Fsp3) is 0.783. The summed E-state index contributed by atoms with van der Waals surface area (Å²) in [4.78, 5) is 28.4. The zero-order valence-corrected chi connectivity index (χ0v) is 19.0. The first-order valence-electron chi connectivity index (χ1n) is 12.2. The van der Waals surface area contributed by atoms with Crippen LogP contribution >= 0.6 is 0 Å². The number of nitrogens with two attached hydrogens (primary N) is 1. The Hall–Kier alpha value is -1.93. The van der Waals surface area contributed by atoms with Crippen molar-refractivity contribution in [2.24, 2.45) is 0 Å². The highest BCUT2D eigenvalue weighted by molar-refractivity contribution is 6.01. The lowest BCUT2D eigenvalue weighted by atomic mass is 9.94. The van der Waals surface area contributed by atoms with E-state index in [4.69, 9.17) is 10.5 Å². The Labute approximate surface area is 186 Å². The number of ether oxygens (including phenoxy) is 1. The maximum atomic E-state index is 12.6. The van der Waals surface area contributed by atoms with Crippen LogP contribution in [0.15, 0.2) is 0 Å². The number of nitrogens with zero attached hydrogens (tertiary/aromatic N) is 5. The van der Waals surface area contributed by atoms with Gasteiger partial charge in [-0.25, -0.2) is 0 Å². The number of rotatable bonds is 9. The molecule has 0 atom stereocenters. The second-order valence-corrected chi connectivity index (χ2v) is 9.14. The van der Waals surface area contributed by atoms with E-state index in [0.717, 1.165) is 50.5 Å². The van der Waals surface area contributed by atoms with Crippen molar-refractivity contribution >= 4 is 17.5 Å². The zero-order chi connectivity index (χ0) is 21.6. The Kier molecular flexibility index (Phi) is 7.61. The zero-order valence-electron chi connectivity index (χ0n) is 19.0. The number of hydrogen-bond donors (Lipinski definition) is 1. The number of amides is 1. The van der Waals surface area contributed by atoms with E-state index < -0.39 is 0 Å². The van der Waals surface area contributed by atoms with E-state index in [1.807, 2.05) is 0 Å². The molecule has 0 radical (unpaired) electrons. The van der Waals surface area contributed by atoms with E-state index in [-0.39, 0.29) is 18.3 Å². The Morgan fingerprint density at radius 1 is 1.03 bits per heavy atom. The van der Waals surface area contributed by atoms with Crippen LogP contribution in [0.2, 0.25) is 0 Å². The Balaban J connectivity index is 1.26. The van der Waals surface area contributed by atoms with Crippen molar-refractivity contribution in [3.63, 3.8) is 0 Å². The van der Waals surface area contributed by atoms with Gasteiger partial charge in [-0.1, -0.05) is 32.6 Å². The smallest absolute Gasteiger partial charge is 0.320 e. The summed E-state index contributed by atoms with van der Waals surface area (Å²) in [5, 5.41) is 0. The molecule has 0 bridgehead atoms. The molecule has 31 heavy (non-hydrogen) atoms. The van der Waals surface area contributed by atoms with Crippen molar-refractivity contribution < 1.29 is 9.53 Å². The highest BCUT2D eigenvalue weighted by atomic mass is 16.5. The average Bonchev–Trinajstić information content (AvgIpc) is 3.11. The molecule has 0 spiro atoms. The van der Waals surface area contributed by atoms with Gasteiger partial charge >= 0.3 is 6.01 Å². The number of anilines is 2. The highest BCUT2D eigenvalue weighted by Gasteiger charge is 2.32. The summed E-state index contributed by atoms with van der Waals surface area (Å²) in [5.41, 5.74) is 6.84. The summed E-state index contributed by atoms with van der Waals surface area (Å²) < 4.78 is 5.64. The summed E-state index contributed by atoms with van der Waals surface area (Å²) in [6.07, 6.45) is 10.2. The third-order valence-electron chi connectivity index (χ3n) is 6.96. The van der Waals surface area contributed by atoms with Gasteiger partial charge < -0.3 is 15.4 Å². The largest absolute Gasteiger partial charge is 0.463 e. The van der Waals surface area contributed by atoms with Crippen molar-refractivity contribution in [1.82, 2.24) is 19.8 Å². The molecule has 1 aromatic rings. The lowest BCUT2D eigenvalue weighted by Crippen LogP contribution is -2.51. The molecule has 1 saturated heterocycles. The van der Waals surface area contributed by atoms with Crippen LogP contribution in [0, 0.1) is 0 Å². The van der Waals surface area contributed by atoms with Gasteiger partial charge in [-0.05, 0) is 32.2 Å². The standard InChI is InChI=1S/C23H38N6O2/c1-2-3-16-31-23-25-21(24)19-17-20(30)29(22(19)26-23)11-7-10-27-12-14-28(15-13-27)18-8-5-4-6-9-18/h18H,2-17H2,1H3,(H2,24,25,26). The molecule has 8 heteroatoms. The summed E-state index contributed by atoms with van der Waals surface area (Å²) in [7, 11) is 0. The van der Waals surface area contributed by atoms with Gasteiger partial charge in [0.25, 0.3) is 0 Å². The molecule has 2 aliphatic heterocycles. The van der Waals surface area contributed by atoms with Gasteiger partial charge in [-0.3, -0.25) is 14.6 Å². The first kappa shape index (κ1) is 22.3. The van der Waals surface area contributed by atoms with Crippen LogP contribution in [0.5, 0.6) is 6.01 Å². The van der Waals surface area contributed by atoms with Crippen LogP contribution in [-0.4, -0.2) is 77.6 Å². The molecule has 1 aliphatic carbocycles. The van der Waals surface area contributed by atoms with E-state index in [9.17, 15) is 4.79 Å². The Morgan fingerprint density at radius 3 is 2.55 bits per heavy atom. The van der Waals surface area contributed by atoms with E-state index in [1.165, 1.54) is 45.2 Å². The van der Waals surface area contributed by atoms with Gasteiger partial charge in [0.05, 0.1) is 13.0 Å². The van der Waals surface area contributed by atoms with Crippen LogP contribution in [0.3, 0.4) is 0 Å². The van der Waals surface area contributed by atoms with Gasteiger partial charge in [0.2, 0.25) is 5.91 Å². The molecule has 1 saturated carbocycles. The molecule has 172 valence electrons. The summed E-state index contributed by atoms with van der Waals surface area (Å²) in [6, 6.07) is 1.09. The number of aromatic nitrogens is 2. The van der Waals surface area contributed by atoms with Crippen molar-refractivity contribution in [1.29, 1.82) is 0 Å². The van der Waals surface area contributed by atoms with E-state index in [1.54, 1.807) is 4.90 Å². The van der Waals surface area contributed by atoms with Gasteiger partial charge in [-0.15, -0.1) is 0 Å². The molecule has 2 N–H and O–H groups in total. The lowest BCUT2D eigenvalue weighted by Gasteiger charge is -2.40. The molecule has 0 unspecified atom stereocenters. The molecule has 4 rings (SSSR count). The predicted molar refractivity (Wildman–Crippen MR) is 122 cm³/mol. The number of nitrogen functional groups attached to an aromatic ring is 1. The number of carbonyl (C=O) groups is 1. The monoisotopic (exact) mass is 430 g/mol. The normalized spacial score (nSPS) is 20.9. The van der Waals surface area contributed by atoms with Crippen LogP contribution in [0.1, 0.15) is 63.9 Å². The molecule has 8 nitrogen and oxygen atoms in total. The van der Waals surface area contributed by atoms with Gasteiger partial charge in [0.1, 0.15) is 11.6 Å². The molecule has 3 aliphatic rings. The topological polar surface area (TPSA) is 87.8 Å². The van der Waals surface area contributed by atoms with Crippen LogP contribution in [0.4, 0.5) is 11.6 Å². The molecular weight excluding hydrogens is 392 g/mol. The number of carbonyl (C=O) groups excluding carboxylic acids is 1. The molecule has 3 heterocycles. The first-order valence-corrected chi connectivity index (χ1v) is 12.2. The SMILES string of the molecule is CCCCOc1nc(N)c2c(n1)N(CCCN1CCN(C3CCCCC3)CC1)C(=O)C2. The third-order valence-corrected chi connectivity index (χ3v) is 6.96. The quantitative estimate of drug-likeness (QED) is 0.602. The van der Waals surface area contributed by atoms with E-state index in [0.29, 0.717) is 24.8 Å². The first-order chi connectivity index (χ1) is 15.2. The molecule has 2 fully saturated rings. The maximum absolute atomic E-state index is 12.6. The lowest BCUT2D eigenvalue weighted by molar-refractivity contribution is -0.117. The molecular formula is C23H38N6O2. The van der Waals surface area contributed by atoms with Crippen LogP contribution in [-0.2, 0) is 11.2 Å². The Morgan fingerprint density at radius 2 is 1.81 bits per heavy atom. The van der Waals surface area contributed by atoms with E-state index in [2.05, 4.69) is 26.7 Å². The second-order valence-electron chi connectivity index (χ2n) is 9.14. The average molecular weight is 431 g/mol. The van der Waals surface area contributed by atoms with Gasteiger partial charge in [-0.2, -0.15) is 9.97 Å². The van der Waals surface area contributed by atoms with Crippen molar-refractivity contribution in [3.05, 3.63) is 5.56 Å². The predicted octanol–water partition coefficient (Wildman–Crippen LogP) is 2.47. The van der Waals surface area contributed by atoms with Crippen molar-refractivity contribution in [3.8, 4) is 6.01 Å². The Bertz CT molecular complexity index is 744. The highest BCUT2D eigenvalue weighted by Crippen LogP contribution is 2.32. The maximum Gasteiger partial charge on any atom is 0.320 e. The minimum atomic E-state index is 0.0591. The van der Waals surface area contributed by atoms with Crippen LogP contribution < -0.4 is 15.4 Å². The van der Waals surface area contributed by atoms with Crippen molar-refractivity contribution in [2.75, 3.05) is 56.5 Å². The summed E-state index contributed by atoms with van der Waals surface area (Å²) in [6.45, 7) is 8.97. The van der Waals surface area contributed by atoms with Gasteiger partial charge in [0, 0.05) is 44.3 Å².